The number of rotatable bonds is 18. The third kappa shape index (κ3) is 11.0. The van der Waals surface area contributed by atoms with Gasteiger partial charge < -0.3 is 19.3 Å². The quantitative estimate of drug-likeness (QED) is 0.0822. The molecule has 0 aliphatic carbocycles. The van der Waals surface area contributed by atoms with Crippen LogP contribution in [0.4, 0.5) is 0 Å². The zero-order valence-corrected chi connectivity index (χ0v) is 41.0. The van der Waals surface area contributed by atoms with E-state index < -0.39 is 31.4 Å². The molecular formula is C56H55BrCl2N8O2. The molecule has 352 valence electrons. The summed E-state index contributed by atoms with van der Waals surface area (Å²) >= 11 is 15.7. The summed E-state index contributed by atoms with van der Waals surface area (Å²) < 4.78 is 68.6. The lowest BCUT2D eigenvalue weighted by Crippen LogP contribution is -2.39. The third-order valence-corrected chi connectivity index (χ3v) is 12.5. The first kappa shape index (κ1) is 39.6. The van der Waals surface area contributed by atoms with Gasteiger partial charge in [-0.1, -0.05) is 217 Å². The number of aliphatic hydroxyl groups is 2. The first-order valence-corrected chi connectivity index (χ1v) is 24.0. The van der Waals surface area contributed by atoms with Gasteiger partial charge in [0.2, 0.25) is 5.82 Å². The molecule has 0 aliphatic rings. The molecule has 0 saturated heterocycles. The standard InChI is InChI=1S/C41H37ClN6O.C15H18BrClN2O/c1-2-3-23-38-43-39(42)37(29-49)47(38)28-30-24-26-31(27-25-30)35-21-13-14-22-36(35)40-44-46-48(45-40)41(32-15-7-4-8-16-32,33-17-9-5-10-18-33)34-19-11-6-12-20-34;1-2-3-4-14-18-15(17)13(10-20)19(14)9-11-5-7-12(16)8-6-11/h4-22,24-27,49H,2-3,23,28-29H2,1H3;5-8,20H,2-4,9-10H2,1H3/i23D2,29D2;4D2,10D2. The minimum absolute atomic E-state index is 0.0187. The molecule has 0 unspecified atom stereocenters. The number of aromatic nitrogens is 8. The molecule has 0 atom stereocenters. The Hall–Kier alpha value is -6.21. The second kappa shape index (κ2) is 23.4. The van der Waals surface area contributed by atoms with E-state index in [2.05, 4.69) is 67.4 Å². The first-order chi connectivity index (χ1) is 36.6. The van der Waals surface area contributed by atoms with E-state index in [-0.39, 0.29) is 59.3 Å². The second-order valence-corrected chi connectivity index (χ2v) is 17.6. The maximum absolute atomic E-state index is 10.4. The maximum atomic E-state index is 10.4. The highest BCUT2D eigenvalue weighted by Crippen LogP contribution is 2.40. The second-order valence-electron chi connectivity index (χ2n) is 16.0. The van der Waals surface area contributed by atoms with Gasteiger partial charge in [0.15, 0.2) is 15.8 Å². The number of imidazole rings is 2. The number of halogens is 3. The normalized spacial score (nSPS) is 14.0. The summed E-state index contributed by atoms with van der Waals surface area (Å²) in [5.74, 6) is 0.436. The van der Waals surface area contributed by atoms with Crippen molar-refractivity contribution in [1.82, 2.24) is 39.3 Å². The van der Waals surface area contributed by atoms with Gasteiger partial charge >= 0.3 is 0 Å². The summed E-state index contributed by atoms with van der Waals surface area (Å²) in [4.78, 5) is 9.91. The lowest BCUT2D eigenvalue weighted by Gasteiger charge is -2.34. The molecular weight excluding hydrogens is 967 g/mol. The maximum Gasteiger partial charge on any atom is 0.205 e. The predicted molar refractivity (Wildman–Crippen MR) is 279 cm³/mol. The fourth-order valence-corrected chi connectivity index (χ4v) is 8.85. The van der Waals surface area contributed by atoms with E-state index in [0.717, 1.165) is 49.0 Å². The number of nitrogens with zero attached hydrogens (tertiary/aromatic N) is 8. The molecule has 0 spiro atoms. The molecule has 6 aromatic carbocycles. The van der Waals surface area contributed by atoms with Gasteiger partial charge in [0.1, 0.15) is 11.6 Å². The lowest BCUT2D eigenvalue weighted by molar-refractivity contribution is 0.271. The fraction of sp³-hybridized carbons (Fsp3) is 0.232. The molecule has 0 radical (unpaired) electrons. The van der Waals surface area contributed by atoms with Crippen LogP contribution in [0.15, 0.2) is 168 Å². The number of tetrazole rings is 1. The Morgan fingerprint density at radius 2 is 0.986 bits per heavy atom. The zero-order chi connectivity index (χ0) is 55.3. The van der Waals surface area contributed by atoms with Gasteiger partial charge in [-0.05, 0) is 69.1 Å². The molecule has 69 heavy (non-hydrogen) atoms. The van der Waals surface area contributed by atoms with Gasteiger partial charge in [-0.2, -0.15) is 0 Å². The van der Waals surface area contributed by atoms with Crippen LogP contribution in [0.1, 0.15) is 101 Å². The van der Waals surface area contributed by atoms with E-state index in [4.69, 9.17) is 44.5 Å². The van der Waals surface area contributed by atoms with E-state index in [1.807, 2.05) is 141 Å². The number of benzene rings is 6. The topological polar surface area (TPSA) is 120 Å². The minimum Gasteiger partial charge on any atom is -0.390 e. The predicted octanol–water partition coefficient (Wildman–Crippen LogP) is 12.8. The summed E-state index contributed by atoms with van der Waals surface area (Å²) in [5.41, 5.74) is 5.59. The van der Waals surface area contributed by atoms with Gasteiger partial charge in [-0.15, -0.1) is 15.0 Å². The van der Waals surface area contributed by atoms with Crippen LogP contribution in [-0.4, -0.2) is 49.5 Å². The summed E-state index contributed by atoms with van der Waals surface area (Å²) in [6.45, 7) is -1.63. The third-order valence-electron chi connectivity index (χ3n) is 11.4. The van der Waals surface area contributed by atoms with Gasteiger partial charge in [-0.3, -0.25) is 0 Å². The minimum atomic E-state index is -2.83. The van der Waals surface area contributed by atoms with Crippen molar-refractivity contribution < 1.29 is 21.2 Å². The molecule has 0 fully saturated rings. The van der Waals surface area contributed by atoms with E-state index in [1.165, 1.54) is 9.13 Å². The molecule has 9 rings (SSSR count). The van der Waals surface area contributed by atoms with Crippen LogP contribution in [-0.2, 0) is 44.5 Å². The van der Waals surface area contributed by atoms with Crippen molar-refractivity contribution in [3.8, 4) is 22.5 Å². The van der Waals surface area contributed by atoms with Gasteiger partial charge in [-0.25, -0.2) is 9.97 Å². The monoisotopic (exact) mass is 1030 g/mol. The highest BCUT2D eigenvalue weighted by molar-refractivity contribution is 9.10. The van der Waals surface area contributed by atoms with Crippen LogP contribution in [0.25, 0.3) is 22.5 Å². The largest absolute Gasteiger partial charge is 0.390 e. The van der Waals surface area contributed by atoms with Crippen molar-refractivity contribution in [2.75, 3.05) is 0 Å². The van der Waals surface area contributed by atoms with Crippen LogP contribution < -0.4 is 0 Å². The van der Waals surface area contributed by atoms with Crippen molar-refractivity contribution in [2.24, 2.45) is 0 Å². The van der Waals surface area contributed by atoms with Gasteiger partial charge in [0.25, 0.3) is 0 Å². The summed E-state index contributed by atoms with van der Waals surface area (Å²) in [6, 6.07) is 53.3. The highest BCUT2D eigenvalue weighted by Gasteiger charge is 2.41. The Kier molecular flexibility index (Phi) is 13.4. The summed E-state index contributed by atoms with van der Waals surface area (Å²) in [5, 5.41) is 34.2. The number of hydrogen-bond donors (Lipinski definition) is 2. The molecule has 3 heterocycles. The molecule has 9 aromatic rings. The van der Waals surface area contributed by atoms with Crippen molar-refractivity contribution in [2.45, 2.75) is 84.0 Å². The average molecular weight is 1030 g/mol. The highest BCUT2D eigenvalue weighted by atomic mass is 79.9. The van der Waals surface area contributed by atoms with Crippen LogP contribution in [0.5, 0.6) is 0 Å². The van der Waals surface area contributed by atoms with Gasteiger partial charge in [0, 0.05) is 41.4 Å². The average Bonchev–Trinajstić information content (AvgIpc) is 4.30. The Morgan fingerprint density at radius 1 is 0.565 bits per heavy atom. The van der Waals surface area contributed by atoms with Crippen LogP contribution >= 0.6 is 39.1 Å². The molecule has 0 bridgehead atoms. The van der Waals surface area contributed by atoms with Crippen molar-refractivity contribution in [3.05, 3.63) is 229 Å². The summed E-state index contributed by atoms with van der Waals surface area (Å²) in [7, 11) is 0. The fourth-order valence-electron chi connectivity index (χ4n) is 8.13. The van der Waals surface area contributed by atoms with Crippen molar-refractivity contribution in [1.29, 1.82) is 0 Å². The number of hydrogen-bond acceptors (Lipinski definition) is 7. The number of aryl methyl sites for hydroxylation is 2. The van der Waals surface area contributed by atoms with E-state index in [1.54, 1.807) is 4.80 Å². The smallest absolute Gasteiger partial charge is 0.205 e. The lowest BCUT2D eigenvalue weighted by atomic mass is 9.77. The Labute approximate surface area is 433 Å². The molecule has 0 saturated carbocycles. The van der Waals surface area contributed by atoms with E-state index in [0.29, 0.717) is 18.7 Å². The van der Waals surface area contributed by atoms with Crippen LogP contribution in [0, 0.1) is 0 Å². The molecule has 13 heteroatoms. The molecule has 2 N–H and O–H groups in total. The Morgan fingerprint density at radius 3 is 1.42 bits per heavy atom. The Bertz CT molecular complexity index is 3310. The van der Waals surface area contributed by atoms with Gasteiger partial charge in [0.05, 0.1) is 30.0 Å². The van der Waals surface area contributed by atoms with E-state index >= 15 is 0 Å². The van der Waals surface area contributed by atoms with Crippen molar-refractivity contribution in [3.63, 3.8) is 0 Å². The first-order valence-electron chi connectivity index (χ1n) is 26.5. The van der Waals surface area contributed by atoms with E-state index in [9.17, 15) is 10.2 Å². The molecule has 10 nitrogen and oxygen atoms in total. The molecule has 0 aliphatic heterocycles. The molecule has 3 aromatic heterocycles. The molecule has 0 amide bonds. The summed E-state index contributed by atoms with van der Waals surface area (Å²) in [6.07, 6.45) is -2.15. The zero-order valence-electron chi connectivity index (χ0n) is 45.9. The SMILES string of the molecule is [2H]C([2H])(O)c1c(Cl)nc(C([2H])([2H])CCC)n1Cc1ccc(-c2ccccc2-c2nnn(C(c3ccccc3)(c3ccccc3)c3ccccc3)n2)cc1.[2H]C([2H])(O)c1c(Cl)nc(C([2H])([2H])CCC)n1Cc1ccc(Br)cc1. The van der Waals surface area contributed by atoms with Crippen LogP contribution in [0.2, 0.25) is 10.3 Å². The Balaban J connectivity index is 0.000000273. The van der Waals surface area contributed by atoms with Crippen LogP contribution in [0.3, 0.4) is 0 Å². The van der Waals surface area contributed by atoms with Crippen molar-refractivity contribution >= 4 is 39.1 Å².